The minimum Gasteiger partial charge on any atom is -0.338 e. The molecule has 2 heterocycles. The van der Waals surface area contributed by atoms with Crippen LogP contribution in [0.4, 0.5) is 10.1 Å². The van der Waals surface area contributed by atoms with Crippen LogP contribution in [0.25, 0.3) is 11.4 Å². The molecule has 1 aliphatic rings. The third-order valence-corrected chi connectivity index (χ3v) is 5.51. The maximum Gasteiger partial charge on any atom is 0.241 e. The van der Waals surface area contributed by atoms with Crippen LogP contribution in [-0.4, -0.2) is 58.6 Å². The van der Waals surface area contributed by atoms with Gasteiger partial charge in [-0.25, -0.2) is 4.39 Å². The van der Waals surface area contributed by atoms with Crippen molar-refractivity contribution in [2.75, 3.05) is 38.0 Å². The van der Waals surface area contributed by atoms with Gasteiger partial charge in [0.1, 0.15) is 5.82 Å². The molecule has 0 atom stereocenters. The van der Waals surface area contributed by atoms with Crippen molar-refractivity contribution in [3.63, 3.8) is 0 Å². The Kier molecular flexibility index (Phi) is 6.39. The fourth-order valence-electron chi connectivity index (χ4n) is 3.73. The van der Waals surface area contributed by atoms with Crippen molar-refractivity contribution in [2.24, 2.45) is 0 Å². The SMILES string of the molecule is Cc1cccc(C)c1NC(=O)CN1CCN(Cc2nc(-c3ccc(F)cc3)no2)CC1. The van der Waals surface area contributed by atoms with Crippen molar-refractivity contribution >= 4 is 11.6 Å². The number of nitrogens with one attached hydrogen (secondary N) is 1. The molecule has 1 N–H and O–H groups in total. The van der Waals surface area contributed by atoms with Crippen molar-refractivity contribution in [1.82, 2.24) is 19.9 Å². The summed E-state index contributed by atoms with van der Waals surface area (Å²) in [5.74, 6) is 0.692. The Morgan fingerprint density at radius 2 is 1.68 bits per heavy atom. The van der Waals surface area contributed by atoms with Gasteiger partial charge in [-0.15, -0.1) is 0 Å². The van der Waals surface area contributed by atoms with Gasteiger partial charge in [0.2, 0.25) is 17.6 Å². The third kappa shape index (κ3) is 5.34. The Bertz CT molecular complexity index is 1020. The second-order valence-electron chi connectivity index (χ2n) is 7.89. The highest BCUT2D eigenvalue weighted by Gasteiger charge is 2.21. The number of hydrogen-bond acceptors (Lipinski definition) is 6. The number of hydrogen-bond donors (Lipinski definition) is 1. The van der Waals surface area contributed by atoms with Crippen LogP contribution in [0.5, 0.6) is 0 Å². The molecule has 0 spiro atoms. The molecule has 0 aliphatic carbocycles. The van der Waals surface area contributed by atoms with E-state index in [1.165, 1.54) is 12.1 Å². The minimum atomic E-state index is -0.298. The third-order valence-electron chi connectivity index (χ3n) is 5.51. The predicted molar refractivity (Wildman–Crippen MR) is 116 cm³/mol. The number of halogens is 1. The van der Waals surface area contributed by atoms with Gasteiger partial charge < -0.3 is 9.84 Å². The molecule has 7 nitrogen and oxygen atoms in total. The molecule has 0 saturated carbocycles. The quantitative estimate of drug-likeness (QED) is 0.656. The Labute approximate surface area is 180 Å². The normalized spacial score (nSPS) is 15.2. The summed E-state index contributed by atoms with van der Waals surface area (Å²) in [6, 6.07) is 12.0. The van der Waals surface area contributed by atoms with Crippen LogP contribution in [0, 0.1) is 19.7 Å². The van der Waals surface area contributed by atoms with Gasteiger partial charge in [-0.2, -0.15) is 4.98 Å². The number of aromatic nitrogens is 2. The number of amides is 1. The van der Waals surface area contributed by atoms with Gasteiger partial charge in [-0.05, 0) is 49.2 Å². The summed E-state index contributed by atoms with van der Waals surface area (Å²) >= 11 is 0. The average Bonchev–Trinajstić information content (AvgIpc) is 3.21. The zero-order valence-corrected chi connectivity index (χ0v) is 17.8. The number of carbonyl (C=O) groups excluding carboxylic acids is 1. The zero-order chi connectivity index (χ0) is 21.8. The summed E-state index contributed by atoms with van der Waals surface area (Å²) in [4.78, 5) is 21.3. The van der Waals surface area contributed by atoms with Gasteiger partial charge in [0.05, 0.1) is 13.1 Å². The van der Waals surface area contributed by atoms with Crippen molar-refractivity contribution in [2.45, 2.75) is 20.4 Å². The van der Waals surface area contributed by atoms with Gasteiger partial charge in [-0.3, -0.25) is 14.6 Å². The van der Waals surface area contributed by atoms with E-state index in [2.05, 4.69) is 25.3 Å². The summed E-state index contributed by atoms with van der Waals surface area (Å²) < 4.78 is 18.4. The summed E-state index contributed by atoms with van der Waals surface area (Å²) in [6.07, 6.45) is 0. The molecule has 1 aromatic heterocycles. The monoisotopic (exact) mass is 423 g/mol. The number of benzene rings is 2. The summed E-state index contributed by atoms with van der Waals surface area (Å²) in [5, 5.41) is 7.04. The first-order valence-corrected chi connectivity index (χ1v) is 10.4. The Balaban J connectivity index is 1.25. The van der Waals surface area contributed by atoms with Gasteiger partial charge in [0.15, 0.2) is 0 Å². The summed E-state index contributed by atoms with van der Waals surface area (Å²) in [7, 11) is 0. The van der Waals surface area contributed by atoms with Crippen molar-refractivity contribution < 1.29 is 13.7 Å². The smallest absolute Gasteiger partial charge is 0.241 e. The molecule has 1 fully saturated rings. The number of piperazine rings is 1. The number of para-hydroxylation sites is 1. The van der Waals surface area contributed by atoms with E-state index in [-0.39, 0.29) is 11.7 Å². The van der Waals surface area contributed by atoms with E-state index in [1.54, 1.807) is 12.1 Å². The van der Waals surface area contributed by atoms with Gasteiger partial charge >= 0.3 is 0 Å². The first-order valence-electron chi connectivity index (χ1n) is 10.4. The van der Waals surface area contributed by atoms with Crippen LogP contribution >= 0.6 is 0 Å². The lowest BCUT2D eigenvalue weighted by molar-refractivity contribution is -0.117. The van der Waals surface area contributed by atoms with Crippen LogP contribution in [0.1, 0.15) is 17.0 Å². The second kappa shape index (κ2) is 9.36. The van der Waals surface area contributed by atoms with Crippen molar-refractivity contribution in [3.05, 3.63) is 65.3 Å². The van der Waals surface area contributed by atoms with Crippen LogP contribution in [0.2, 0.25) is 0 Å². The fourth-order valence-corrected chi connectivity index (χ4v) is 3.73. The van der Waals surface area contributed by atoms with E-state index >= 15 is 0 Å². The lowest BCUT2D eigenvalue weighted by Crippen LogP contribution is -2.48. The molecule has 0 bridgehead atoms. The topological polar surface area (TPSA) is 74.5 Å². The van der Waals surface area contributed by atoms with Gasteiger partial charge in [0, 0.05) is 37.4 Å². The lowest BCUT2D eigenvalue weighted by Gasteiger charge is -2.33. The highest BCUT2D eigenvalue weighted by Crippen LogP contribution is 2.20. The molecule has 31 heavy (non-hydrogen) atoms. The molecular formula is C23H26FN5O2. The molecule has 162 valence electrons. The van der Waals surface area contributed by atoms with Gasteiger partial charge in [-0.1, -0.05) is 23.4 Å². The largest absolute Gasteiger partial charge is 0.338 e. The molecule has 4 rings (SSSR count). The molecule has 3 aromatic rings. The average molecular weight is 423 g/mol. The number of nitrogens with zero attached hydrogens (tertiary/aromatic N) is 4. The first kappa shape index (κ1) is 21.1. The van der Waals surface area contributed by atoms with E-state index in [4.69, 9.17) is 4.52 Å². The molecule has 0 radical (unpaired) electrons. The molecule has 0 unspecified atom stereocenters. The van der Waals surface area contributed by atoms with E-state index in [9.17, 15) is 9.18 Å². The molecule has 1 saturated heterocycles. The highest BCUT2D eigenvalue weighted by molar-refractivity contribution is 5.93. The predicted octanol–water partition coefficient (Wildman–Crippen LogP) is 3.25. The van der Waals surface area contributed by atoms with Crippen LogP contribution in [0.3, 0.4) is 0 Å². The van der Waals surface area contributed by atoms with Crippen molar-refractivity contribution in [3.8, 4) is 11.4 Å². The minimum absolute atomic E-state index is 0.00620. The molecule has 2 aromatic carbocycles. The number of aryl methyl sites for hydroxylation is 2. The molecule has 1 aliphatic heterocycles. The van der Waals surface area contributed by atoms with E-state index < -0.39 is 0 Å². The number of anilines is 1. The highest BCUT2D eigenvalue weighted by atomic mass is 19.1. The molecule has 1 amide bonds. The molecule has 8 heteroatoms. The summed E-state index contributed by atoms with van der Waals surface area (Å²) in [5.41, 5.74) is 3.76. The van der Waals surface area contributed by atoms with Gasteiger partial charge in [0.25, 0.3) is 0 Å². The number of carbonyl (C=O) groups is 1. The van der Waals surface area contributed by atoms with E-state index in [0.717, 1.165) is 48.6 Å². The maximum absolute atomic E-state index is 13.1. The van der Waals surface area contributed by atoms with Crippen LogP contribution in [0.15, 0.2) is 47.0 Å². The van der Waals surface area contributed by atoms with Crippen LogP contribution < -0.4 is 5.32 Å². The zero-order valence-electron chi connectivity index (χ0n) is 17.8. The Morgan fingerprint density at radius 3 is 2.35 bits per heavy atom. The fraction of sp³-hybridized carbons (Fsp3) is 0.348. The standard InChI is InChI=1S/C23H26FN5O2/c1-16-4-3-5-17(2)22(16)25-20(30)14-28-10-12-29(13-11-28)15-21-26-23(27-31-21)18-6-8-19(24)9-7-18/h3-9H,10-15H2,1-2H3,(H,25,30). The maximum atomic E-state index is 13.1. The molecular weight excluding hydrogens is 397 g/mol. The van der Waals surface area contributed by atoms with Crippen molar-refractivity contribution in [1.29, 1.82) is 0 Å². The second-order valence-corrected chi connectivity index (χ2v) is 7.89. The Hall–Kier alpha value is -3.10. The number of rotatable bonds is 6. The Morgan fingerprint density at radius 1 is 1.03 bits per heavy atom. The van der Waals surface area contributed by atoms with Crippen LogP contribution in [-0.2, 0) is 11.3 Å². The summed E-state index contributed by atoms with van der Waals surface area (Å²) in [6.45, 7) is 8.13. The first-order chi connectivity index (χ1) is 15.0. The van der Waals surface area contributed by atoms with E-state index in [0.29, 0.717) is 24.8 Å². The lowest BCUT2D eigenvalue weighted by atomic mass is 10.1. The van der Waals surface area contributed by atoms with E-state index in [1.807, 2.05) is 32.0 Å².